The van der Waals surface area contributed by atoms with Crippen molar-refractivity contribution in [2.45, 2.75) is 6.42 Å². The molecule has 1 aliphatic rings. The first-order chi connectivity index (χ1) is 5.29. The number of ether oxygens (including phenoxy) is 1. The van der Waals surface area contributed by atoms with Crippen molar-refractivity contribution in [3.05, 3.63) is 0 Å². The van der Waals surface area contributed by atoms with Gasteiger partial charge in [0, 0.05) is 18.7 Å². The van der Waals surface area contributed by atoms with Gasteiger partial charge in [0.15, 0.2) is 5.11 Å². The molecule has 3 N–H and O–H groups in total. The van der Waals surface area contributed by atoms with Gasteiger partial charge in [0.25, 0.3) is 0 Å². The Morgan fingerprint density at radius 1 is 1.82 bits per heavy atom. The standard InChI is InChI=1S/C6H11N3OS/c7-6(11)9-8-3-5-1-2-10-4-5/h3,5H,1-2,4H2,(H3,7,9,11). The van der Waals surface area contributed by atoms with E-state index in [9.17, 15) is 0 Å². The first-order valence-corrected chi connectivity index (χ1v) is 3.86. The van der Waals surface area contributed by atoms with Crippen molar-refractivity contribution in [1.29, 1.82) is 0 Å². The third kappa shape index (κ3) is 3.29. The lowest BCUT2D eigenvalue weighted by molar-refractivity contribution is 0.193. The SMILES string of the molecule is NC(=S)NN=CC1CCOC1. The van der Waals surface area contributed by atoms with Gasteiger partial charge in [0.1, 0.15) is 0 Å². The summed E-state index contributed by atoms with van der Waals surface area (Å²) < 4.78 is 5.13. The Balaban J connectivity index is 2.17. The van der Waals surface area contributed by atoms with E-state index in [1.807, 2.05) is 0 Å². The molecular formula is C6H11N3OS. The Morgan fingerprint density at radius 2 is 2.64 bits per heavy atom. The summed E-state index contributed by atoms with van der Waals surface area (Å²) in [6.07, 6.45) is 2.81. The molecule has 1 saturated heterocycles. The Hall–Kier alpha value is -0.680. The van der Waals surface area contributed by atoms with Crippen LogP contribution >= 0.6 is 12.2 Å². The summed E-state index contributed by atoms with van der Waals surface area (Å²) in [5.41, 5.74) is 7.65. The predicted octanol–water partition coefficient (Wildman–Crippen LogP) is -0.158. The molecule has 0 aromatic heterocycles. The molecule has 62 valence electrons. The van der Waals surface area contributed by atoms with Crippen LogP contribution in [0, 0.1) is 5.92 Å². The molecule has 5 heteroatoms. The smallest absolute Gasteiger partial charge is 0.184 e. The van der Waals surface area contributed by atoms with Crippen LogP contribution in [0.1, 0.15) is 6.42 Å². The summed E-state index contributed by atoms with van der Waals surface area (Å²) in [5.74, 6) is 0.414. The lowest BCUT2D eigenvalue weighted by Crippen LogP contribution is -2.24. The highest BCUT2D eigenvalue weighted by molar-refractivity contribution is 7.80. The van der Waals surface area contributed by atoms with E-state index in [0.29, 0.717) is 5.92 Å². The molecule has 0 aromatic rings. The van der Waals surface area contributed by atoms with Crippen LogP contribution < -0.4 is 11.2 Å². The van der Waals surface area contributed by atoms with E-state index >= 15 is 0 Å². The van der Waals surface area contributed by atoms with Gasteiger partial charge in [-0.15, -0.1) is 0 Å². The second-order valence-corrected chi connectivity index (χ2v) is 2.82. The second kappa shape index (κ2) is 4.25. The number of hydrazone groups is 1. The molecule has 0 aromatic carbocycles. The minimum absolute atomic E-state index is 0.195. The minimum atomic E-state index is 0.195. The topological polar surface area (TPSA) is 59.6 Å². The first-order valence-electron chi connectivity index (χ1n) is 3.45. The quantitative estimate of drug-likeness (QED) is 0.346. The lowest BCUT2D eigenvalue weighted by Gasteiger charge is -1.97. The molecule has 1 heterocycles. The van der Waals surface area contributed by atoms with Crippen molar-refractivity contribution in [2.24, 2.45) is 16.8 Å². The van der Waals surface area contributed by atoms with E-state index in [0.717, 1.165) is 19.6 Å². The number of thiocarbonyl (C=S) groups is 1. The van der Waals surface area contributed by atoms with Crippen LogP contribution in [0.25, 0.3) is 0 Å². The van der Waals surface area contributed by atoms with Gasteiger partial charge in [-0.2, -0.15) is 5.10 Å². The normalized spacial score (nSPS) is 24.2. The average molecular weight is 173 g/mol. The predicted molar refractivity (Wildman–Crippen MR) is 47.3 cm³/mol. The summed E-state index contributed by atoms with van der Waals surface area (Å²) in [5, 5.41) is 4.03. The van der Waals surface area contributed by atoms with Gasteiger partial charge in [-0.3, -0.25) is 5.43 Å². The van der Waals surface area contributed by atoms with Crippen molar-refractivity contribution >= 4 is 23.5 Å². The zero-order valence-corrected chi connectivity index (χ0v) is 6.93. The van der Waals surface area contributed by atoms with E-state index in [-0.39, 0.29) is 5.11 Å². The highest BCUT2D eigenvalue weighted by atomic mass is 32.1. The van der Waals surface area contributed by atoms with E-state index in [2.05, 4.69) is 22.7 Å². The highest BCUT2D eigenvalue weighted by Crippen LogP contribution is 2.08. The summed E-state index contributed by atoms with van der Waals surface area (Å²) in [4.78, 5) is 0. The third-order valence-corrected chi connectivity index (χ3v) is 1.52. The van der Waals surface area contributed by atoms with Crippen LogP contribution in [-0.2, 0) is 4.74 Å². The number of nitrogens with zero attached hydrogens (tertiary/aromatic N) is 1. The maximum atomic E-state index is 5.15. The summed E-state index contributed by atoms with van der Waals surface area (Å²) >= 11 is 4.56. The molecule has 0 aliphatic carbocycles. The van der Waals surface area contributed by atoms with Crippen molar-refractivity contribution in [3.8, 4) is 0 Å². The van der Waals surface area contributed by atoms with Crippen LogP contribution in [0.5, 0.6) is 0 Å². The average Bonchev–Trinajstić information content (AvgIpc) is 2.39. The Bertz CT molecular complexity index is 165. The fourth-order valence-electron chi connectivity index (χ4n) is 0.877. The molecule has 0 saturated carbocycles. The third-order valence-electron chi connectivity index (χ3n) is 1.43. The molecular weight excluding hydrogens is 162 g/mol. The Morgan fingerprint density at radius 3 is 3.18 bits per heavy atom. The number of nitrogens with one attached hydrogen (secondary N) is 1. The zero-order chi connectivity index (χ0) is 8.10. The van der Waals surface area contributed by atoms with E-state index in [4.69, 9.17) is 10.5 Å². The fraction of sp³-hybridized carbons (Fsp3) is 0.667. The van der Waals surface area contributed by atoms with Gasteiger partial charge in [-0.1, -0.05) is 0 Å². The van der Waals surface area contributed by atoms with Crippen LogP contribution in [0.4, 0.5) is 0 Å². The molecule has 4 nitrogen and oxygen atoms in total. The monoisotopic (exact) mass is 173 g/mol. The second-order valence-electron chi connectivity index (χ2n) is 2.38. The summed E-state index contributed by atoms with van der Waals surface area (Å²) in [6.45, 7) is 1.58. The van der Waals surface area contributed by atoms with Gasteiger partial charge >= 0.3 is 0 Å². The van der Waals surface area contributed by atoms with Crippen molar-refractivity contribution in [1.82, 2.24) is 5.43 Å². The number of hydrogen-bond acceptors (Lipinski definition) is 3. The van der Waals surface area contributed by atoms with Crippen molar-refractivity contribution in [2.75, 3.05) is 13.2 Å². The van der Waals surface area contributed by atoms with Crippen molar-refractivity contribution < 1.29 is 4.74 Å². The van der Waals surface area contributed by atoms with Gasteiger partial charge in [-0.05, 0) is 18.6 Å². The van der Waals surface area contributed by atoms with Crippen LogP contribution in [0.15, 0.2) is 5.10 Å². The van der Waals surface area contributed by atoms with E-state index in [1.165, 1.54) is 0 Å². The molecule has 1 unspecified atom stereocenters. The molecule has 1 atom stereocenters. The number of hydrogen-bond donors (Lipinski definition) is 2. The van der Waals surface area contributed by atoms with E-state index < -0.39 is 0 Å². The van der Waals surface area contributed by atoms with Gasteiger partial charge in [-0.25, -0.2) is 0 Å². The Kier molecular flexibility index (Phi) is 3.25. The maximum Gasteiger partial charge on any atom is 0.184 e. The Labute approximate surface area is 70.8 Å². The van der Waals surface area contributed by atoms with E-state index in [1.54, 1.807) is 6.21 Å². The van der Waals surface area contributed by atoms with Crippen LogP contribution in [-0.4, -0.2) is 24.5 Å². The minimum Gasteiger partial charge on any atom is -0.381 e. The number of rotatable bonds is 2. The molecule has 0 radical (unpaired) electrons. The zero-order valence-electron chi connectivity index (χ0n) is 6.12. The molecule has 0 amide bonds. The molecule has 0 spiro atoms. The van der Waals surface area contributed by atoms with Gasteiger partial charge in [0.2, 0.25) is 0 Å². The van der Waals surface area contributed by atoms with Crippen LogP contribution in [0.2, 0.25) is 0 Å². The molecule has 1 rings (SSSR count). The fourth-order valence-corrected chi connectivity index (χ4v) is 0.929. The van der Waals surface area contributed by atoms with Gasteiger partial charge < -0.3 is 10.5 Å². The summed E-state index contributed by atoms with van der Waals surface area (Å²) in [7, 11) is 0. The molecule has 1 aliphatic heterocycles. The number of nitrogens with two attached hydrogens (primary N) is 1. The summed E-state index contributed by atoms with van der Waals surface area (Å²) in [6, 6.07) is 0. The highest BCUT2D eigenvalue weighted by Gasteiger charge is 2.12. The lowest BCUT2D eigenvalue weighted by atomic mass is 10.1. The molecule has 0 bridgehead atoms. The van der Waals surface area contributed by atoms with Crippen LogP contribution in [0.3, 0.4) is 0 Å². The molecule has 11 heavy (non-hydrogen) atoms. The van der Waals surface area contributed by atoms with Crippen molar-refractivity contribution in [3.63, 3.8) is 0 Å². The molecule has 1 fully saturated rings. The maximum absolute atomic E-state index is 5.15. The first kappa shape index (κ1) is 8.42. The van der Waals surface area contributed by atoms with Gasteiger partial charge in [0.05, 0.1) is 6.61 Å². The largest absolute Gasteiger partial charge is 0.381 e.